The maximum Gasteiger partial charge on any atom is 0.00820 e. The Hall–Kier alpha value is -1.07. The van der Waals surface area contributed by atoms with Crippen molar-refractivity contribution in [2.24, 2.45) is 0 Å². The van der Waals surface area contributed by atoms with E-state index in [2.05, 4.69) is 60.7 Å². The lowest BCUT2D eigenvalue weighted by atomic mass is 10.1. The van der Waals surface area contributed by atoms with Crippen molar-refractivity contribution in [3.05, 3.63) is 66.2 Å². The fourth-order valence-corrected chi connectivity index (χ4v) is 5.75. The van der Waals surface area contributed by atoms with E-state index in [0.29, 0.717) is 0 Å². The monoisotopic (exact) mass is 251 g/mol. The van der Waals surface area contributed by atoms with E-state index in [1.165, 1.54) is 19.0 Å². The van der Waals surface area contributed by atoms with Crippen LogP contribution in [-0.4, -0.2) is 14.6 Å². The van der Waals surface area contributed by atoms with E-state index in [1.54, 1.807) is 10.9 Å². The molecule has 0 aromatic heterocycles. The van der Waals surface area contributed by atoms with E-state index in [9.17, 15) is 0 Å². The fraction of sp³-hybridized carbons (Fsp3) is 0.250. The van der Waals surface area contributed by atoms with Crippen LogP contribution in [0.4, 0.5) is 0 Å². The van der Waals surface area contributed by atoms with Gasteiger partial charge in [0.05, 0.1) is 0 Å². The summed E-state index contributed by atoms with van der Waals surface area (Å²) in [6.07, 6.45) is 4.16. The second-order valence-corrected chi connectivity index (χ2v) is 7.12. The smallest absolute Gasteiger partial charge is 0.00820 e. The number of rotatable bonds is 2. The van der Waals surface area contributed by atoms with Crippen LogP contribution in [0, 0.1) is 0 Å². The lowest BCUT2D eigenvalue weighted by Gasteiger charge is -2.21. The van der Waals surface area contributed by atoms with Crippen LogP contribution in [0.25, 0.3) is 0 Å². The molecule has 2 aromatic rings. The lowest BCUT2D eigenvalue weighted by molar-refractivity contribution is 0.827. The number of benzene rings is 2. The first-order valence-corrected chi connectivity index (χ1v) is 7.91. The molecule has 0 aliphatic carbocycles. The zero-order valence-corrected chi connectivity index (χ0v) is 11.4. The molecule has 0 saturated carbocycles. The third kappa shape index (κ3) is 2.67. The molecular weight excluding hydrogens is 234 g/mol. The van der Waals surface area contributed by atoms with Crippen LogP contribution >= 0.6 is 7.92 Å². The molecule has 0 N–H and O–H groups in total. The highest BCUT2D eigenvalue weighted by atomic mass is 31.1. The predicted molar refractivity (Wildman–Crippen MR) is 82.0 cm³/mol. The molecule has 1 heterocycles. The fourth-order valence-electron chi connectivity index (χ4n) is 2.72. The number of hydrogen-bond donors (Lipinski definition) is 0. The molecule has 18 heavy (non-hydrogen) atoms. The Morgan fingerprint density at radius 2 is 1.44 bits per heavy atom. The molecule has 0 nitrogen and oxygen atoms in total. The Morgan fingerprint density at radius 3 is 2.11 bits per heavy atom. The van der Waals surface area contributed by atoms with Crippen LogP contribution in [0.1, 0.15) is 24.1 Å². The number of hydrogen-bond acceptors (Lipinski definition) is 0. The molecule has 1 aliphatic heterocycles. The molecule has 1 aliphatic rings. The van der Waals surface area contributed by atoms with Crippen molar-refractivity contribution < 1.29 is 0 Å². The van der Waals surface area contributed by atoms with Crippen molar-refractivity contribution in [2.45, 2.75) is 18.5 Å². The molecule has 0 amide bonds. The summed E-state index contributed by atoms with van der Waals surface area (Å²) in [5.41, 5.74) is 2.33. The van der Waals surface area contributed by atoms with Gasteiger partial charge in [0, 0.05) is 14.1 Å². The Kier molecular flexibility index (Phi) is 4.61. The Bertz CT molecular complexity index is 423. The van der Waals surface area contributed by atoms with Gasteiger partial charge in [-0.25, -0.2) is 0 Å². The van der Waals surface area contributed by atoms with Crippen molar-refractivity contribution in [2.75, 3.05) is 6.16 Å². The van der Waals surface area contributed by atoms with E-state index in [0.717, 1.165) is 5.66 Å². The van der Waals surface area contributed by atoms with Crippen LogP contribution in [0.5, 0.6) is 0 Å². The SMILES string of the molecule is [B].c1ccc(C2CCC[P@@]2c2ccccc2)cc1. The van der Waals surface area contributed by atoms with Gasteiger partial charge in [0.25, 0.3) is 0 Å². The molecule has 3 rings (SSSR count). The first-order chi connectivity index (χ1) is 8.45. The summed E-state index contributed by atoms with van der Waals surface area (Å²) in [6, 6.07) is 22.2. The zero-order chi connectivity index (χ0) is 11.5. The third-order valence-corrected chi connectivity index (χ3v) is 6.59. The first-order valence-electron chi connectivity index (χ1n) is 6.32. The lowest BCUT2D eigenvalue weighted by Crippen LogP contribution is -2.04. The van der Waals surface area contributed by atoms with Crippen molar-refractivity contribution in [1.29, 1.82) is 0 Å². The summed E-state index contributed by atoms with van der Waals surface area (Å²) in [5.74, 6) is 0. The van der Waals surface area contributed by atoms with Crippen molar-refractivity contribution in [1.82, 2.24) is 0 Å². The van der Waals surface area contributed by atoms with Gasteiger partial charge in [0.15, 0.2) is 0 Å². The minimum absolute atomic E-state index is 0. The second-order valence-electron chi connectivity index (χ2n) is 4.60. The first kappa shape index (κ1) is 13.4. The van der Waals surface area contributed by atoms with Gasteiger partial charge in [-0.05, 0) is 29.9 Å². The minimum Gasteiger partial charge on any atom is -0.0677 e. The summed E-state index contributed by atoms with van der Waals surface area (Å²) >= 11 is 0. The van der Waals surface area contributed by atoms with Crippen LogP contribution in [0.15, 0.2) is 60.7 Å². The van der Waals surface area contributed by atoms with Gasteiger partial charge in [0.1, 0.15) is 0 Å². The highest BCUT2D eigenvalue weighted by Gasteiger charge is 2.28. The molecule has 2 aromatic carbocycles. The molecule has 89 valence electrons. The highest BCUT2D eigenvalue weighted by molar-refractivity contribution is 7.66. The third-order valence-electron chi connectivity index (χ3n) is 3.52. The van der Waals surface area contributed by atoms with Crippen LogP contribution < -0.4 is 5.30 Å². The molecule has 2 heteroatoms. The molecule has 0 spiro atoms. The maximum absolute atomic E-state index is 2.31. The summed E-state index contributed by atoms with van der Waals surface area (Å²) in [6.45, 7) is 0. The van der Waals surface area contributed by atoms with Crippen molar-refractivity contribution in [3.8, 4) is 0 Å². The standard InChI is InChI=1S/C16H17P.B/c1-3-8-14(9-4-1)16-12-7-13-17(16)15-10-5-2-6-11-15;/h1-6,8-11,16H,7,12-13H2;/t16?,17-;/m0./s1. The van der Waals surface area contributed by atoms with Crippen LogP contribution in [0.2, 0.25) is 0 Å². The van der Waals surface area contributed by atoms with Crippen molar-refractivity contribution >= 4 is 21.6 Å². The average molecular weight is 251 g/mol. The van der Waals surface area contributed by atoms with Crippen LogP contribution in [0.3, 0.4) is 0 Å². The molecule has 3 radical (unpaired) electrons. The van der Waals surface area contributed by atoms with E-state index in [-0.39, 0.29) is 16.3 Å². The molecule has 1 fully saturated rings. The van der Waals surface area contributed by atoms with Crippen LogP contribution in [-0.2, 0) is 0 Å². The van der Waals surface area contributed by atoms with Gasteiger partial charge in [-0.2, -0.15) is 0 Å². The van der Waals surface area contributed by atoms with Crippen molar-refractivity contribution in [3.63, 3.8) is 0 Å². The molecule has 2 atom stereocenters. The topological polar surface area (TPSA) is 0 Å². The molecule has 1 saturated heterocycles. The summed E-state index contributed by atoms with van der Waals surface area (Å²) in [4.78, 5) is 0. The summed E-state index contributed by atoms with van der Waals surface area (Å²) in [7, 11) is 0.0201. The Labute approximate surface area is 113 Å². The summed E-state index contributed by atoms with van der Waals surface area (Å²) in [5, 5.41) is 1.58. The second kappa shape index (κ2) is 6.20. The van der Waals surface area contributed by atoms with E-state index < -0.39 is 0 Å². The molecular formula is C16H17BP. The molecule has 0 bridgehead atoms. The molecule has 1 unspecified atom stereocenters. The van der Waals surface area contributed by atoms with E-state index >= 15 is 0 Å². The minimum atomic E-state index is 0. The van der Waals surface area contributed by atoms with Gasteiger partial charge in [-0.1, -0.05) is 68.6 Å². The normalized spacial score (nSPS) is 22.4. The maximum atomic E-state index is 2.31. The quantitative estimate of drug-likeness (QED) is 0.560. The summed E-state index contributed by atoms with van der Waals surface area (Å²) < 4.78 is 0. The Morgan fingerprint density at radius 1 is 0.833 bits per heavy atom. The van der Waals surface area contributed by atoms with Gasteiger partial charge in [-0.3, -0.25) is 0 Å². The van der Waals surface area contributed by atoms with Gasteiger partial charge < -0.3 is 0 Å². The highest BCUT2D eigenvalue weighted by Crippen LogP contribution is 2.58. The van der Waals surface area contributed by atoms with E-state index in [1.807, 2.05) is 0 Å². The average Bonchev–Trinajstić information content (AvgIpc) is 2.90. The largest absolute Gasteiger partial charge is 0.0677 e. The Balaban J connectivity index is 0.00000120. The van der Waals surface area contributed by atoms with E-state index in [4.69, 9.17) is 0 Å². The predicted octanol–water partition coefficient (Wildman–Crippen LogP) is 3.95. The van der Waals surface area contributed by atoms with Gasteiger partial charge in [0.2, 0.25) is 0 Å². The van der Waals surface area contributed by atoms with Gasteiger partial charge in [-0.15, -0.1) is 0 Å². The zero-order valence-electron chi connectivity index (χ0n) is 10.5. The van der Waals surface area contributed by atoms with Gasteiger partial charge >= 0.3 is 0 Å².